The highest BCUT2D eigenvalue weighted by Gasteiger charge is 2.10. The predicted octanol–water partition coefficient (Wildman–Crippen LogP) is 3.71. The lowest BCUT2D eigenvalue weighted by molar-refractivity contribution is 0.338. The van der Waals surface area contributed by atoms with E-state index in [4.69, 9.17) is 10.00 Å². The summed E-state index contributed by atoms with van der Waals surface area (Å²) in [6.07, 6.45) is 0. The number of ether oxygens (including phenoxy) is 1. The molecular weight excluding hydrogens is 230 g/mol. The smallest absolute Gasteiger partial charge is 0.235 e. The maximum Gasteiger partial charge on any atom is 0.235 e. The third-order valence-corrected chi connectivity index (χ3v) is 3.04. The third kappa shape index (κ3) is 3.54. The molecule has 0 heterocycles. The Morgan fingerprint density at radius 3 is 2.12 bits per heavy atom. The molecule has 0 aliphatic rings. The van der Waals surface area contributed by atoms with Crippen LogP contribution in [-0.2, 0) is 0 Å². The van der Waals surface area contributed by atoms with Crippen molar-refractivity contribution < 1.29 is 4.74 Å². The average molecular weight is 241 g/mol. The van der Waals surface area contributed by atoms with E-state index in [1.807, 2.05) is 60.7 Å². The van der Waals surface area contributed by atoms with Crippen LogP contribution in [-0.4, -0.2) is 5.44 Å². The average Bonchev–Trinajstić information content (AvgIpc) is 2.40. The molecule has 3 heteroatoms. The number of hydrogen-bond acceptors (Lipinski definition) is 3. The Labute approximate surface area is 105 Å². The summed E-state index contributed by atoms with van der Waals surface area (Å²) in [5, 5.41) is 9.05. The number of nitriles is 1. The van der Waals surface area contributed by atoms with E-state index in [1.165, 1.54) is 11.8 Å². The van der Waals surface area contributed by atoms with Gasteiger partial charge in [0.25, 0.3) is 0 Å². The Morgan fingerprint density at radius 2 is 1.53 bits per heavy atom. The van der Waals surface area contributed by atoms with E-state index in [9.17, 15) is 0 Å². The van der Waals surface area contributed by atoms with Gasteiger partial charge in [-0.2, -0.15) is 5.26 Å². The first-order chi connectivity index (χ1) is 8.38. The van der Waals surface area contributed by atoms with E-state index in [0.29, 0.717) is 5.75 Å². The lowest BCUT2D eigenvalue weighted by Crippen LogP contribution is -2.08. The maximum atomic E-state index is 9.05. The van der Waals surface area contributed by atoms with E-state index in [1.54, 1.807) is 0 Å². The summed E-state index contributed by atoms with van der Waals surface area (Å²) >= 11 is 1.40. The summed E-state index contributed by atoms with van der Waals surface area (Å²) in [6.45, 7) is 0. The first-order valence-corrected chi connectivity index (χ1v) is 6.09. The highest BCUT2D eigenvalue weighted by atomic mass is 32.2. The fourth-order valence-electron chi connectivity index (χ4n) is 1.32. The summed E-state index contributed by atoms with van der Waals surface area (Å²) in [6, 6.07) is 21.3. The minimum atomic E-state index is -0.528. The highest BCUT2D eigenvalue weighted by Crippen LogP contribution is 2.25. The second-order valence-electron chi connectivity index (χ2n) is 3.32. The molecule has 2 nitrogen and oxygen atoms in total. The molecule has 84 valence electrons. The van der Waals surface area contributed by atoms with Gasteiger partial charge in [-0.05, 0) is 24.3 Å². The largest absolute Gasteiger partial charge is 0.465 e. The summed E-state index contributed by atoms with van der Waals surface area (Å²) in [4.78, 5) is 1.02. The van der Waals surface area contributed by atoms with E-state index < -0.39 is 5.44 Å². The zero-order chi connectivity index (χ0) is 11.9. The van der Waals surface area contributed by atoms with Crippen LogP contribution in [0.5, 0.6) is 5.75 Å². The molecule has 0 radical (unpaired) electrons. The molecule has 0 fully saturated rings. The summed E-state index contributed by atoms with van der Waals surface area (Å²) in [5.74, 6) is 0.711. The summed E-state index contributed by atoms with van der Waals surface area (Å²) in [7, 11) is 0. The zero-order valence-corrected chi connectivity index (χ0v) is 9.93. The van der Waals surface area contributed by atoms with Gasteiger partial charge in [0.15, 0.2) is 0 Å². The van der Waals surface area contributed by atoms with Crippen LogP contribution in [0.2, 0.25) is 0 Å². The van der Waals surface area contributed by atoms with Crippen molar-refractivity contribution in [2.45, 2.75) is 10.3 Å². The molecule has 0 saturated carbocycles. The van der Waals surface area contributed by atoms with Gasteiger partial charge in [0.1, 0.15) is 11.8 Å². The molecule has 1 atom stereocenters. The lowest BCUT2D eigenvalue weighted by Gasteiger charge is -2.11. The standard InChI is InChI=1S/C14H11NOS/c15-11-14(16-12-7-3-1-4-8-12)17-13-9-5-2-6-10-13/h1-10,14H. The van der Waals surface area contributed by atoms with Crippen molar-refractivity contribution in [2.75, 3.05) is 0 Å². The topological polar surface area (TPSA) is 33.0 Å². The molecule has 1 unspecified atom stereocenters. The summed E-state index contributed by atoms with van der Waals surface area (Å²) < 4.78 is 5.57. The van der Waals surface area contributed by atoms with Gasteiger partial charge >= 0.3 is 0 Å². The number of para-hydroxylation sites is 1. The van der Waals surface area contributed by atoms with Crippen molar-refractivity contribution in [1.82, 2.24) is 0 Å². The molecule has 0 spiro atoms. The number of thioether (sulfide) groups is 1. The van der Waals surface area contributed by atoms with E-state index >= 15 is 0 Å². The maximum absolute atomic E-state index is 9.05. The minimum Gasteiger partial charge on any atom is -0.465 e. The highest BCUT2D eigenvalue weighted by molar-refractivity contribution is 8.00. The zero-order valence-electron chi connectivity index (χ0n) is 9.11. The Kier molecular flexibility index (Phi) is 4.06. The van der Waals surface area contributed by atoms with Gasteiger partial charge in [-0.15, -0.1) is 0 Å². The van der Waals surface area contributed by atoms with Crippen LogP contribution in [0, 0.1) is 11.3 Å². The Morgan fingerprint density at radius 1 is 0.941 bits per heavy atom. The van der Waals surface area contributed by atoms with Gasteiger partial charge in [-0.25, -0.2) is 0 Å². The second-order valence-corrected chi connectivity index (χ2v) is 4.46. The van der Waals surface area contributed by atoms with Gasteiger partial charge in [0, 0.05) is 4.90 Å². The van der Waals surface area contributed by atoms with Crippen molar-refractivity contribution in [3.63, 3.8) is 0 Å². The molecule has 0 aromatic heterocycles. The molecule has 17 heavy (non-hydrogen) atoms. The van der Waals surface area contributed by atoms with Crippen LogP contribution in [0.15, 0.2) is 65.6 Å². The van der Waals surface area contributed by atoms with Gasteiger partial charge in [0.05, 0.1) is 0 Å². The van der Waals surface area contributed by atoms with Crippen LogP contribution in [0.25, 0.3) is 0 Å². The van der Waals surface area contributed by atoms with Crippen LogP contribution in [0.1, 0.15) is 0 Å². The lowest BCUT2D eigenvalue weighted by atomic mass is 10.3. The first kappa shape index (κ1) is 11.6. The van der Waals surface area contributed by atoms with Crippen LogP contribution < -0.4 is 4.74 Å². The third-order valence-electron chi connectivity index (χ3n) is 2.08. The van der Waals surface area contributed by atoms with Gasteiger partial charge in [-0.1, -0.05) is 48.2 Å². The van der Waals surface area contributed by atoms with Crippen LogP contribution in [0.3, 0.4) is 0 Å². The number of nitrogens with zero attached hydrogens (tertiary/aromatic N) is 1. The van der Waals surface area contributed by atoms with Gasteiger partial charge < -0.3 is 4.74 Å². The monoisotopic (exact) mass is 241 g/mol. The molecule has 2 aromatic carbocycles. The minimum absolute atomic E-state index is 0.528. The SMILES string of the molecule is N#CC(Oc1ccccc1)Sc1ccccc1. The van der Waals surface area contributed by atoms with Crippen LogP contribution in [0.4, 0.5) is 0 Å². The van der Waals surface area contributed by atoms with Gasteiger partial charge in [0.2, 0.25) is 5.44 Å². The molecule has 0 N–H and O–H groups in total. The van der Waals surface area contributed by atoms with Crippen molar-refractivity contribution in [3.8, 4) is 11.8 Å². The number of hydrogen-bond donors (Lipinski definition) is 0. The molecule has 2 rings (SSSR count). The molecular formula is C14H11NOS. The molecule has 0 amide bonds. The fourth-order valence-corrected chi connectivity index (χ4v) is 2.10. The molecule has 2 aromatic rings. The Bertz CT molecular complexity index is 451. The van der Waals surface area contributed by atoms with E-state index in [2.05, 4.69) is 6.07 Å². The van der Waals surface area contributed by atoms with Crippen molar-refractivity contribution in [2.24, 2.45) is 0 Å². The predicted molar refractivity (Wildman–Crippen MR) is 68.8 cm³/mol. The quantitative estimate of drug-likeness (QED) is 0.604. The molecule has 0 bridgehead atoms. The van der Waals surface area contributed by atoms with E-state index in [-0.39, 0.29) is 0 Å². The summed E-state index contributed by atoms with van der Waals surface area (Å²) in [5.41, 5.74) is -0.528. The molecule has 0 aliphatic heterocycles. The number of benzene rings is 2. The van der Waals surface area contributed by atoms with Crippen molar-refractivity contribution in [1.29, 1.82) is 5.26 Å². The Hall–Kier alpha value is -1.92. The molecule has 0 aliphatic carbocycles. The first-order valence-electron chi connectivity index (χ1n) is 5.21. The second kappa shape index (κ2) is 5.97. The molecule has 0 saturated heterocycles. The van der Waals surface area contributed by atoms with Gasteiger partial charge in [-0.3, -0.25) is 0 Å². The Balaban J connectivity index is 2.01. The van der Waals surface area contributed by atoms with E-state index in [0.717, 1.165) is 4.90 Å². The fraction of sp³-hybridized carbons (Fsp3) is 0.0714. The van der Waals surface area contributed by atoms with Crippen molar-refractivity contribution >= 4 is 11.8 Å². The van der Waals surface area contributed by atoms with Crippen LogP contribution >= 0.6 is 11.8 Å². The van der Waals surface area contributed by atoms with Crippen molar-refractivity contribution in [3.05, 3.63) is 60.7 Å². The number of rotatable bonds is 4. The normalized spacial score (nSPS) is 11.5.